The van der Waals surface area contributed by atoms with E-state index < -0.39 is 11.7 Å². The van der Waals surface area contributed by atoms with E-state index in [0.717, 1.165) is 11.1 Å². The van der Waals surface area contributed by atoms with E-state index in [4.69, 9.17) is 5.73 Å². The number of anilines is 1. The highest BCUT2D eigenvalue weighted by Crippen LogP contribution is 2.32. The van der Waals surface area contributed by atoms with Crippen molar-refractivity contribution < 1.29 is 13.2 Å². The van der Waals surface area contributed by atoms with E-state index in [1.807, 2.05) is 6.92 Å². The quantitative estimate of drug-likeness (QED) is 0.932. The maximum absolute atomic E-state index is 12.7. The fourth-order valence-electron chi connectivity index (χ4n) is 1.90. The van der Waals surface area contributed by atoms with Gasteiger partial charge in [-0.15, -0.1) is 10.2 Å². The van der Waals surface area contributed by atoms with Gasteiger partial charge in [0, 0.05) is 6.42 Å². The molecule has 0 aliphatic rings. The summed E-state index contributed by atoms with van der Waals surface area (Å²) in [6.45, 7) is 1.90. The number of nitrogens with zero attached hydrogens (tertiary/aromatic N) is 2. The van der Waals surface area contributed by atoms with Gasteiger partial charge in [0.1, 0.15) is 5.01 Å². The molecule has 0 amide bonds. The van der Waals surface area contributed by atoms with Crippen molar-refractivity contribution in [3.8, 4) is 0 Å². The molecule has 0 fully saturated rings. The van der Waals surface area contributed by atoms with Gasteiger partial charge in [-0.3, -0.25) is 0 Å². The Morgan fingerprint density at radius 3 is 2.65 bits per heavy atom. The van der Waals surface area contributed by atoms with Crippen molar-refractivity contribution in [1.29, 1.82) is 0 Å². The lowest BCUT2D eigenvalue weighted by molar-refractivity contribution is -0.137. The zero-order valence-electron chi connectivity index (χ0n) is 10.8. The molecule has 1 aromatic heterocycles. The summed E-state index contributed by atoms with van der Waals surface area (Å²) < 4.78 is 38.0. The first kappa shape index (κ1) is 14.8. The molecule has 1 heterocycles. The van der Waals surface area contributed by atoms with Crippen molar-refractivity contribution in [3.63, 3.8) is 0 Å². The molecule has 0 saturated heterocycles. The van der Waals surface area contributed by atoms with Crippen LogP contribution in [0.5, 0.6) is 0 Å². The minimum atomic E-state index is -4.30. The van der Waals surface area contributed by atoms with Crippen LogP contribution in [-0.2, 0) is 12.6 Å². The molecule has 1 unspecified atom stereocenters. The number of hydrogen-bond acceptors (Lipinski definition) is 4. The highest BCUT2D eigenvalue weighted by Gasteiger charge is 2.30. The summed E-state index contributed by atoms with van der Waals surface area (Å²) in [6.07, 6.45) is -2.94. The zero-order valence-corrected chi connectivity index (χ0v) is 11.6. The summed E-state index contributed by atoms with van der Waals surface area (Å²) >= 11 is 1.31. The topological polar surface area (TPSA) is 51.8 Å². The van der Waals surface area contributed by atoms with Crippen LogP contribution in [0.2, 0.25) is 0 Å². The Bertz CT molecular complexity index is 580. The maximum Gasteiger partial charge on any atom is 0.416 e. The molecule has 1 aromatic carbocycles. The fraction of sp³-hybridized carbons (Fsp3) is 0.385. The molecular formula is C13H14F3N3S. The number of aromatic nitrogens is 2. The highest BCUT2D eigenvalue weighted by molar-refractivity contribution is 7.15. The third-order valence-electron chi connectivity index (χ3n) is 3.06. The van der Waals surface area contributed by atoms with Crippen LogP contribution < -0.4 is 5.73 Å². The van der Waals surface area contributed by atoms with Crippen molar-refractivity contribution in [2.24, 2.45) is 0 Å². The van der Waals surface area contributed by atoms with Crippen LogP contribution in [0.1, 0.15) is 35.4 Å². The van der Waals surface area contributed by atoms with Crippen LogP contribution in [0.15, 0.2) is 24.3 Å². The third-order valence-corrected chi connectivity index (χ3v) is 3.87. The molecule has 0 aliphatic heterocycles. The van der Waals surface area contributed by atoms with Gasteiger partial charge in [0.15, 0.2) is 0 Å². The van der Waals surface area contributed by atoms with Crippen molar-refractivity contribution in [3.05, 3.63) is 40.4 Å². The molecule has 0 saturated carbocycles. The number of nitrogen functional groups attached to an aromatic ring is 1. The monoisotopic (exact) mass is 301 g/mol. The van der Waals surface area contributed by atoms with Gasteiger partial charge < -0.3 is 5.73 Å². The molecule has 3 nitrogen and oxygen atoms in total. The Hall–Kier alpha value is -1.63. The smallest absolute Gasteiger partial charge is 0.374 e. The molecule has 0 bridgehead atoms. The van der Waals surface area contributed by atoms with Gasteiger partial charge >= 0.3 is 6.18 Å². The molecule has 7 heteroatoms. The summed E-state index contributed by atoms with van der Waals surface area (Å²) in [5.74, 6) is 0.0161. The predicted octanol–water partition coefficient (Wildman–Crippen LogP) is 3.88. The summed E-state index contributed by atoms with van der Waals surface area (Å²) in [5, 5.41) is 8.83. The molecule has 0 spiro atoms. The third kappa shape index (κ3) is 3.69. The fourth-order valence-corrected chi connectivity index (χ4v) is 2.52. The average molecular weight is 301 g/mol. The first-order chi connectivity index (χ1) is 9.36. The lowest BCUT2D eigenvalue weighted by Gasteiger charge is -2.13. The lowest BCUT2D eigenvalue weighted by atomic mass is 9.95. The highest BCUT2D eigenvalue weighted by atomic mass is 32.1. The van der Waals surface area contributed by atoms with Gasteiger partial charge in [0.05, 0.1) is 5.56 Å². The Balaban J connectivity index is 2.03. The van der Waals surface area contributed by atoms with Crippen LogP contribution in [0.25, 0.3) is 0 Å². The number of benzene rings is 1. The van der Waals surface area contributed by atoms with Crippen LogP contribution in [-0.4, -0.2) is 10.2 Å². The van der Waals surface area contributed by atoms with Gasteiger partial charge in [0.25, 0.3) is 0 Å². The van der Waals surface area contributed by atoms with Gasteiger partial charge in [-0.05, 0) is 24.0 Å². The van der Waals surface area contributed by atoms with E-state index >= 15 is 0 Å². The molecule has 0 aliphatic carbocycles. The van der Waals surface area contributed by atoms with Gasteiger partial charge in [0.2, 0.25) is 5.13 Å². The normalized spacial score (nSPS) is 13.4. The van der Waals surface area contributed by atoms with Gasteiger partial charge in [-0.25, -0.2) is 0 Å². The van der Waals surface area contributed by atoms with E-state index in [1.165, 1.54) is 23.5 Å². The van der Waals surface area contributed by atoms with Gasteiger partial charge in [-0.2, -0.15) is 13.2 Å². The first-order valence-corrected chi connectivity index (χ1v) is 6.93. The van der Waals surface area contributed by atoms with E-state index in [-0.39, 0.29) is 5.92 Å². The number of nitrogens with two attached hydrogens (primary N) is 1. The average Bonchev–Trinajstić information content (AvgIpc) is 2.81. The molecular weight excluding hydrogens is 287 g/mol. The van der Waals surface area contributed by atoms with Crippen molar-refractivity contribution in [2.75, 3.05) is 5.73 Å². The minimum absolute atomic E-state index is 0.0161. The van der Waals surface area contributed by atoms with Crippen LogP contribution >= 0.6 is 11.3 Å². The zero-order chi connectivity index (χ0) is 14.8. The first-order valence-electron chi connectivity index (χ1n) is 6.11. The molecule has 0 radical (unpaired) electrons. The van der Waals surface area contributed by atoms with Crippen molar-refractivity contribution >= 4 is 16.5 Å². The van der Waals surface area contributed by atoms with Crippen molar-refractivity contribution in [1.82, 2.24) is 10.2 Å². The van der Waals surface area contributed by atoms with Crippen LogP contribution in [0.4, 0.5) is 18.3 Å². The van der Waals surface area contributed by atoms with Crippen molar-refractivity contribution in [2.45, 2.75) is 31.9 Å². The second kappa shape index (κ2) is 5.78. The standard InChI is InChI=1S/C13H14F3N3S/c1-8(5-6-11-18-19-12(17)20-11)9-3-2-4-10(7-9)13(14,15)16/h2-4,7-8H,5-6H2,1H3,(H2,17,19). The molecule has 20 heavy (non-hydrogen) atoms. The molecule has 2 aromatic rings. The van der Waals surface area contributed by atoms with E-state index in [1.54, 1.807) is 6.07 Å². The van der Waals surface area contributed by atoms with Gasteiger partial charge in [-0.1, -0.05) is 36.5 Å². The SMILES string of the molecule is CC(CCc1nnc(N)s1)c1cccc(C(F)(F)F)c1. The number of hydrogen-bond donors (Lipinski definition) is 1. The number of aryl methyl sites for hydroxylation is 1. The Kier molecular flexibility index (Phi) is 4.27. The lowest BCUT2D eigenvalue weighted by Crippen LogP contribution is -2.06. The Morgan fingerprint density at radius 1 is 1.30 bits per heavy atom. The number of rotatable bonds is 4. The second-order valence-corrected chi connectivity index (χ2v) is 5.69. The predicted molar refractivity (Wildman–Crippen MR) is 72.5 cm³/mol. The maximum atomic E-state index is 12.7. The Morgan fingerprint density at radius 2 is 2.05 bits per heavy atom. The summed E-state index contributed by atoms with van der Waals surface area (Å²) in [6, 6.07) is 5.45. The number of alkyl halides is 3. The minimum Gasteiger partial charge on any atom is -0.374 e. The summed E-state index contributed by atoms with van der Waals surface area (Å²) in [4.78, 5) is 0. The van der Waals surface area contributed by atoms with Crippen LogP contribution in [0.3, 0.4) is 0 Å². The molecule has 108 valence electrons. The number of halogens is 3. The van der Waals surface area contributed by atoms with Crippen LogP contribution in [0, 0.1) is 0 Å². The van der Waals surface area contributed by atoms with E-state index in [9.17, 15) is 13.2 Å². The van der Waals surface area contributed by atoms with E-state index in [2.05, 4.69) is 10.2 Å². The largest absolute Gasteiger partial charge is 0.416 e. The second-order valence-electron chi connectivity index (χ2n) is 4.60. The molecule has 1 atom stereocenters. The molecule has 2 N–H and O–H groups in total. The summed E-state index contributed by atoms with van der Waals surface area (Å²) in [7, 11) is 0. The summed E-state index contributed by atoms with van der Waals surface area (Å²) in [5.41, 5.74) is 5.55. The van der Waals surface area contributed by atoms with E-state index in [0.29, 0.717) is 23.5 Å². The Labute approximate surface area is 118 Å². The molecule has 2 rings (SSSR count).